The maximum Gasteiger partial charge on any atom is 0.133 e. The fourth-order valence-electron chi connectivity index (χ4n) is 2.03. The molecule has 4 N–H and O–H groups in total. The molecule has 0 bridgehead atoms. The predicted molar refractivity (Wildman–Crippen MR) is 80.3 cm³/mol. The van der Waals surface area contributed by atoms with E-state index in [1.807, 2.05) is 30.3 Å². The van der Waals surface area contributed by atoms with Crippen molar-refractivity contribution < 1.29 is 5.11 Å². The van der Waals surface area contributed by atoms with E-state index < -0.39 is 0 Å². The zero-order valence-corrected chi connectivity index (χ0v) is 11.6. The fourth-order valence-corrected chi connectivity index (χ4v) is 2.03. The average molecular weight is 272 g/mol. The molecule has 0 radical (unpaired) electrons. The minimum atomic E-state index is -0.208. The van der Waals surface area contributed by atoms with Gasteiger partial charge in [0.05, 0.1) is 12.6 Å². The molecule has 0 aliphatic carbocycles. The summed E-state index contributed by atoms with van der Waals surface area (Å²) in [5.41, 5.74) is 6.80. The lowest BCUT2D eigenvalue weighted by Crippen LogP contribution is -2.16. The Labute approximate surface area is 118 Å². The number of aliphatic hydroxyl groups is 1. The van der Waals surface area contributed by atoms with Gasteiger partial charge in [-0.3, -0.25) is 0 Å². The van der Waals surface area contributed by atoms with Gasteiger partial charge in [-0.2, -0.15) is 0 Å². The summed E-state index contributed by atoms with van der Waals surface area (Å²) in [6, 6.07) is 11.2. The molecule has 0 spiro atoms. The molecule has 5 heteroatoms. The van der Waals surface area contributed by atoms with Crippen molar-refractivity contribution in [1.29, 1.82) is 0 Å². The Bertz CT molecular complexity index is 545. The van der Waals surface area contributed by atoms with Crippen LogP contribution in [0.2, 0.25) is 0 Å². The van der Waals surface area contributed by atoms with E-state index in [9.17, 15) is 5.11 Å². The first kappa shape index (κ1) is 14.3. The first-order valence-electron chi connectivity index (χ1n) is 6.78. The molecule has 1 aromatic carbocycles. The third-order valence-electron chi connectivity index (χ3n) is 2.97. The molecular weight excluding hydrogens is 252 g/mol. The highest BCUT2D eigenvalue weighted by Crippen LogP contribution is 2.19. The highest BCUT2D eigenvalue weighted by atomic mass is 16.3. The van der Waals surface area contributed by atoms with Crippen molar-refractivity contribution in [3.05, 3.63) is 47.8 Å². The molecule has 0 fully saturated rings. The van der Waals surface area contributed by atoms with Crippen LogP contribution in [-0.4, -0.2) is 21.7 Å². The maximum absolute atomic E-state index is 9.55. The summed E-state index contributed by atoms with van der Waals surface area (Å²) in [5.74, 6) is 1.80. The molecule has 0 amide bonds. The van der Waals surface area contributed by atoms with Crippen molar-refractivity contribution in [2.75, 3.05) is 17.7 Å². The van der Waals surface area contributed by atoms with E-state index in [-0.39, 0.29) is 12.6 Å². The Morgan fingerprint density at radius 3 is 2.65 bits per heavy atom. The van der Waals surface area contributed by atoms with Crippen LogP contribution in [0.5, 0.6) is 0 Å². The van der Waals surface area contributed by atoms with Crippen LogP contribution in [-0.2, 0) is 6.42 Å². The lowest BCUT2D eigenvalue weighted by atomic mass is 10.1. The number of benzene rings is 1. The zero-order valence-electron chi connectivity index (χ0n) is 11.6. The summed E-state index contributed by atoms with van der Waals surface area (Å²) >= 11 is 0. The van der Waals surface area contributed by atoms with Crippen LogP contribution in [0, 0.1) is 0 Å². The normalized spacial score (nSPS) is 12.1. The number of aliphatic hydroxyl groups excluding tert-OH is 1. The number of anilines is 2. The number of nitrogens with zero attached hydrogens (tertiary/aromatic N) is 2. The lowest BCUT2D eigenvalue weighted by molar-refractivity contribution is 0.276. The Morgan fingerprint density at radius 2 is 2.00 bits per heavy atom. The number of hydrogen-bond acceptors (Lipinski definition) is 5. The molecule has 20 heavy (non-hydrogen) atoms. The van der Waals surface area contributed by atoms with Gasteiger partial charge in [-0.1, -0.05) is 37.3 Å². The molecule has 2 rings (SSSR count). The third-order valence-corrected chi connectivity index (χ3v) is 2.97. The van der Waals surface area contributed by atoms with Crippen molar-refractivity contribution in [3.8, 4) is 0 Å². The summed E-state index contributed by atoms with van der Waals surface area (Å²) < 4.78 is 0. The van der Waals surface area contributed by atoms with Crippen LogP contribution in [0.3, 0.4) is 0 Å². The van der Waals surface area contributed by atoms with E-state index in [2.05, 4.69) is 22.2 Å². The average Bonchev–Trinajstić information content (AvgIpc) is 2.45. The molecule has 1 atom stereocenters. The summed E-state index contributed by atoms with van der Waals surface area (Å²) in [7, 11) is 0. The van der Waals surface area contributed by atoms with Crippen LogP contribution in [0.25, 0.3) is 0 Å². The third kappa shape index (κ3) is 3.68. The van der Waals surface area contributed by atoms with Crippen LogP contribution >= 0.6 is 0 Å². The largest absolute Gasteiger partial charge is 0.394 e. The number of rotatable bonds is 6. The number of nitrogens with two attached hydrogens (primary N) is 1. The van der Waals surface area contributed by atoms with Crippen LogP contribution in [0.4, 0.5) is 11.6 Å². The maximum atomic E-state index is 9.55. The number of aromatic nitrogens is 2. The van der Waals surface area contributed by atoms with Gasteiger partial charge in [0.2, 0.25) is 0 Å². The number of hydrogen-bond donors (Lipinski definition) is 3. The van der Waals surface area contributed by atoms with Crippen LogP contribution in [0.15, 0.2) is 36.4 Å². The van der Waals surface area contributed by atoms with Crippen LogP contribution in [0.1, 0.15) is 30.8 Å². The summed E-state index contributed by atoms with van der Waals surface area (Å²) in [4.78, 5) is 8.62. The Balaban J connectivity index is 2.19. The van der Waals surface area contributed by atoms with Gasteiger partial charge in [-0.15, -0.1) is 0 Å². The highest BCUT2D eigenvalue weighted by molar-refractivity contribution is 5.46. The van der Waals surface area contributed by atoms with E-state index in [4.69, 9.17) is 5.73 Å². The van der Waals surface area contributed by atoms with Gasteiger partial charge >= 0.3 is 0 Å². The van der Waals surface area contributed by atoms with E-state index >= 15 is 0 Å². The molecule has 0 aliphatic heterocycles. The Hall–Kier alpha value is -2.14. The topological polar surface area (TPSA) is 84.1 Å². The summed E-state index contributed by atoms with van der Waals surface area (Å²) in [6.07, 6.45) is 1.75. The van der Waals surface area contributed by atoms with Crippen molar-refractivity contribution in [1.82, 2.24) is 9.97 Å². The molecular formula is C15H20N4O. The molecule has 5 nitrogen and oxygen atoms in total. The lowest BCUT2D eigenvalue weighted by Gasteiger charge is -2.18. The molecule has 0 saturated heterocycles. The fraction of sp³-hybridized carbons (Fsp3) is 0.333. The first-order chi connectivity index (χ1) is 9.72. The molecule has 106 valence electrons. The van der Waals surface area contributed by atoms with E-state index in [0.29, 0.717) is 11.6 Å². The van der Waals surface area contributed by atoms with E-state index in [0.717, 1.165) is 24.2 Å². The van der Waals surface area contributed by atoms with Crippen molar-refractivity contribution in [2.24, 2.45) is 0 Å². The molecule has 0 aliphatic rings. The second-order valence-corrected chi connectivity index (χ2v) is 4.63. The minimum Gasteiger partial charge on any atom is -0.394 e. The second kappa shape index (κ2) is 6.86. The van der Waals surface area contributed by atoms with Gasteiger partial charge in [0, 0.05) is 12.5 Å². The van der Waals surface area contributed by atoms with Gasteiger partial charge in [-0.25, -0.2) is 9.97 Å². The predicted octanol–water partition coefficient (Wildman–Crippen LogP) is 2.16. The smallest absolute Gasteiger partial charge is 0.133 e. The Kier molecular flexibility index (Phi) is 4.90. The number of nitrogen functional groups attached to an aromatic ring is 1. The number of nitrogens with one attached hydrogen (secondary N) is 1. The quantitative estimate of drug-likeness (QED) is 0.750. The monoisotopic (exact) mass is 272 g/mol. The van der Waals surface area contributed by atoms with Crippen LogP contribution < -0.4 is 11.1 Å². The minimum absolute atomic E-state index is 0.0168. The van der Waals surface area contributed by atoms with Gasteiger partial charge < -0.3 is 16.2 Å². The molecule has 1 heterocycles. The first-order valence-corrected chi connectivity index (χ1v) is 6.78. The number of aryl methyl sites for hydroxylation is 1. The van der Waals surface area contributed by atoms with E-state index in [1.54, 1.807) is 6.07 Å². The molecule has 2 aromatic rings. The van der Waals surface area contributed by atoms with Crippen molar-refractivity contribution >= 4 is 11.6 Å². The SMILES string of the molecule is CCCc1nc(N)cc(NC(CO)c2ccccc2)n1. The van der Waals surface area contributed by atoms with Gasteiger partial charge in [0.15, 0.2) is 0 Å². The van der Waals surface area contributed by atoms with Gasteiger partial charge in [0.25, 0.3) is 0 Å². The van der Waals surface area contributed by atoms with Gasteiger partial charge in [-0.05, 0) is 12.0 Å². The molecule has 0 saturated carbocycles. The van der Waals surface area contributed by atoms with E-state index in [1.165, 1.54) is 0 Å². The zero-order chi connectivity index (χ0) is 14.4. The van der Waals surface area contributed by atoms with Gasteiger partial charge in [0.1, 0.15) is 17.5 Å². The molecule has 1 unspecified atom stereocenters. The highest BCUT2D eigenvalue weighted by Gasteiger charge is 2.11. The standard InChI is InChI=1S/C15H20N4O/c1-2-6-14-18-13(16)9-15(19-14)17-12(10-20)11-7-4-3-5-8-11/h3-5,7-9,12,20H,2,6,10H2,1H3,(H3,16,17,18,19). The Morgan fingerprint density at radius 1 is 1.25 bits per heavy atom. The second-order valence-electron chi connectivity index (χ2n) is 4.63. The summed E-state index contributed by atoms with van der Waals surface area (Å²) in [5, 5.41) is 12.7. The van der Waals surface area contributed by atoms with Crippen molar-refractivity contribution in [3.63, 3.8) is 0 Å². The summed E-state index contributed by atoms with van der Waals surface area (Å²) in [6.45, 7) is 2.05. The molecule has 1 aromatic heterocycles. The van der Waals surface area contributed by atoms with Crippen molar-refractivity contribution in [2.45, 2.75) is 25.8 Å².